The van der Waals surface area contributed by atoms with Gasteiger partial charge in [-0.3, -0.25) is 4.79 Å². The van der Waals surface area contributed by atoms with Gasteiger partial charge in [-0.2, -0.15) is 0 Å². The van der Waals surface area contributed by atoms with Crippen LogP contribution >= 0.6 is 0 Å². The maximum atomic E-state index is 11.4. The number of hydrogen-bond donors (Lipinski definition) is 0. The van der Waals surface area contributed by atoms with Crippen molar-refractivity contribution in [1.82, 2.24) is 0 Å². The van der Waals surface area contributed by atoms with Gasteiger partial charge in [0.25, 0.3) is 0 Å². The molecule has 13 heavy (non-hydrogen) atoms. The topological polar surface area (TPSA) is 47.9 Å². The zero-order valence-corrected chi connectivity index (χ0v) is 8.24. The first kappa shape index (κ1) is 10.0. The molecule has 0 amide bonds. The van der Waals surface area contributed by atoms with E-state index in [-0.39, 0.29) is 18.0 Å². The van der Waals surface area contributed by atoms with E-state index < -0.39 is 0 Å². The van der Waals surface area contributed by atoms with Crippen molar-refractivity contribution in [3.8, 4) is 0 Å². The largest absolute Gasteiger partial charge is 0.465 e. The normalized spacial score (nSPS) is 26.5. The second-order valence-corrected chi connectivity index (χ2v) is 2.98. The SMILES string of the molecule is CCOC(=O)[C@@H]1C(CC)=NO[C@@H]1C. The van der Waals surface area contributed by atoms with E-state index in [0.29, 0.717) is 6.61 Å². The third-order valence-electron chi connectivity index (χ3n) is 2.07. The molecule has 0 unspecified atom stereocenters. The summed E-state index contributed by atoms with van der Waals surface area (Å²) in [6, 6.07) is 0. The number of ether oxygens (including phenoxy) is 1. The van der Waals surface area contributed by atoms with Crippen molar-refractivity contribution >= 4 is 11.7 Å². The molecule has 0 spiro atoms. The van der Waals surface area contributed by atoms with Gasteiger partial charge in [0.2, 0.25) is 0 Å². The summed E-state index contributed by atoms with van der Waals surface area (Å²) in [6.45, 7) is 5.97. The van der Waals surface area contributed by atoms with Crippen molar-refractivity contribution in [2.75, 3.05) is 6.61 Å². The summed E-state index contributed by atoms with van der Waals surface area (Å²) in [5.41, 5.74) is 0.783. The molecule has 0 saturated heterocycles. The van der Waals surface area contributed by atoms with Crippen molar-refractivity contribution < 1.29 is 14.4 Å². The number of oxime groups is 1. The van der Waals surface area contributed by atoms with Gasteiger partial charge in [-0.15, -0.1) is 0 Å². The van der Waals surface area contributed by atoms with Gasteiger partial charge in [0.05, 0.1) is 12.3 Å². The first-order valence-corrected chi connectivity index (χ1v) is 4.59. The molecule has 0 saturated carbocycles. The van der Waals surface area contributed by atoms with Crippen LogP contribution in [0.15, 0.2) is 5.16 Å². The second kappa shape index (κ2) is 4.25. The Hall–Kier alpha value is -1.06. The highest BCUT2D eigenvalue weighted by molar-refractivity contribution is 6.03. The average molecular weight is 185 g/mol. The lowest BCUT2D eigenvalue weighted by atomic mass is 9.97. The fourth-order valence-electron chi connectivity index (χ4n) is 1.38. The Kier molecular flexibility index (Phi) is 3.28. The molecular weight excluding hydrogens is 170 g/mol. The zero-order valence-electron chi connectivity index (χ0n) is 8.24. The van der Waals surface area contributed by atoms with Gasteiger partial charge >= 0.3 is 5.97 Å². The number of nitrogens with zero attached hydrogens (tertiary/aromatic N) is 1. The lowest BCUT2D eigenvalue weighted by Gasteiger charge is -2.12. The molecule has 0 radical (unpaired) electrons. The number of esters is 1. The van der Waals surface area contributed by atoms with E-state index in [1.54, 1.807) is 6.92 Å². The third kappa shape index (κ3) is 1.99. The lowest BCUT2D eigenvalue weighted by Crippen LogP contribution is -2.30. The standard InChI is InChI=1S/C9H15NO3/c1-4-7-8(6(3)13-10-7)9(11)12-5-2/h6,8H,4-5H2,1-3H3/t6-,8+/m1/s1. The Balaban J connectivity index is 2.65. The summed E-state index contributed by atoms with van der Waals surface area (Å²) in [5, 5.41) is 3.84. The average Bonchev–Trinajstić information content (AvgIpc) is 2.47. The van der Waals surface area contributed by atoms with Crippen molar-refractivity contribution in [3.63, 3.8) is 0 Å². The number of hydrogen-bond acceptors (Lipinski definition) is 4. The van der Waals surface area contributed by atoms with Crippen LogP contribution in [0.2, 0.25) is 0 Å². The van der Waals surface area contributed by atoms with E-state index in [0.717, 1.165) is 12.1 Å². The monoisotopic (exact) mass is 185 g/mol. The highest BCUT2D eigenvalue weighted by Gasteiger charge is 2.36. The predicted octanol–water partition coefficient (Wildman–Crippen LogP) is 1.35. The first-order valence-electron chi connectivity index (χ1n) is 4.59. The summed E-state index contributed by atoms with van der Waals surface area (Å²) in [5.74, 6) is -0.530. The maximum absolute atomic E-state index is 11.4. The van der Waals surface area contributed by atoms with Crippen LogP contribution < -0.4 is 0 Å². The molecule has 1 aliphatic rings. The van der Waals surface area contributed by atoms with Gasteiger partial charge < -0.3 is 9.57 Å². The molecule has 1 heterocycles. The van der Waals surface area contributed by atoms with Crippen molar-refractivity contribution in [1.29, 1.82) is 0 Å². The van der Waals surface area contributed by atoms with Gasteiger partial charge in [0, 0.05) is 0 Å². The van der Waals surface area contributed by atoms with E-state index in [2.05, 4.69) is 5.16 Å². The number of rotatable bonds is 3. The predicted molar refractivity (Wildman–Crippen MR) is 48.4 cm³/mol. The highest BCUT2D eigenvalue weighted by atomic mass is 16.6. The molecule has 0 aliphatic carbocycles. The van der Waals surface area contributed by atoms with E-state index in [4.69, 9.17) is 9.57 Å². The van der Waals surface area contributed by atoms with Crippen LogP contribution in [0.5, 0.6) is 0 Å². The van der Waals surface area contributed by atoms with Gasteiger partial charge in [-0.25, -0.2) is 0 Å². The molecule has 0 aromatic rings. The minimum Gasteiger partial charge on any atom is -0.465 e. The molecule has 0 fully saturated rings. The first-order chi connectivity index (χ1) is 6.20. The minimum absolute atomic E-state index is 0.186. The van der Waals surface area contributed by atoms with Gasteiger partial charge in [0.15, 0.2) is 0 Å². The van der Waals surface area contributed by atoms with Crippen LogP contribution in [0.3, 0.4) is 0 Å². The van der Waals surface area contributed by atoms with Crippen molar-refractivity contribution in [2.45, 2.75) is 33.3 Å². The summed E-state index contributed by atoms with van der Waals surface area (Å²) in [6.07, 6.45) is 0.544. The molecule has 4 heteroatoms. The van der Waals surface area contributed by atoms with E-state index in [9.17, 15) is 4.79 Å². The molecule has 1 rings (SSSR count). The molecule has 0 aromatic heterocycles. The smallest absolute Gasteiger partial charge is 0.318 e. The van der Waals surface area contributed by atoms with Crippen LogP contribution in [-0.4, -0.2) is 24.4 Å². The van der Waals surface area contributed by atoms with Crippen LogP contribution in [0.25, 0.3) is 0 Å². The van der Waals surface area contributed by atoms with E-state index in [1.165, 1.54) is 0 Å². The summed E-state index contributed by atoms with van der Waals surface area (Å²) >= 11 is 0. The Morgan fingerprint density at radius 1 is 1.62 bits per heavy atom. The lowest BCUT2D eigenvalue weighted by molar-refractivity contribution is -0.148. The maximum Gasteiger partial charge on any atom is 0.318 e. The Bertz CT molecular complexity index is 225. The Labute approximate surface area is 77.9 Å². The molecule has 0 N–H and O–H groups in total. The van der Waals surface area contributed by atoms with Gasteiger partial charge in [0.1, 0.15) is 12.0 Å². The quantitative estimate of drug-likeness (QED) is 0.623. The fourth-order valence-corrected chi connectivity index (χ4v) is 1.38. The summed E-state index contributed by atoms with van der Waals surface area (Å²) in [7, 11) is 0. The summed E-state index contributed by atoms with van der Waals surface area (Å²) in [4.78, 5) is 16.5. The van der Waals surface area contributed by atoms with Crippen LogP contribution in [0.4, 0.5) is 0 Å². The molecule has 0 aromatic carbocycles. The fraction of sp³-hybridized carbons (Fsp3) is 0.778. The third-order valence-corrected chi connectivity index (χ3v) is 2.07. The van der Waals surface area contributed by atoms with Crippen molar-refractivity contribution in [3.05, 3.63) is 0 Å². The van der Waals surface area contributed by atoms with Crippen LogP contribution in [0.1, 0.15) is 27.2 Å². The number of carbonyl (C=O) groups excluding carboxylic acids is 1. The molecule has 2 atom stereocenters. The van der Waals surface area contributed by atoms with Gasteiger partial charge in [-0.05, 0) is 20.3 Å². The second-order valence-electron chi connectivity index (χ2n) is 2.98. The zero-order chi connectivity index (χ0) is 9.84. The molecule has 0 bridgehead atoms. The molecular formula is C9H15NO3. The van der Waals surface area contributed by atoms with E-state index >= 15 is 0 Å². The molecule has 4 nitrogen and oxygen atoms in total. The highest BCUT2D eigenvalue weighted by Crippen LogP contribution is 2.21. The van der Waals surface area contributed by atoms with E-state index in [1.807, 2.05) is 13.8 Å². The van der Waals surface area contributed by atoms with Crippen LogP contribution in [0, 0.1) is 5.92 Å². The minimum atomic E-state index is -0.301. The number of carbonyl (C=O) groups is 1. The Morgan fingerprint density at radius 2 is 2.31 bits per heavy atom. The van der Waals surface area contributed by atoms with Crippen LogP contribution in [-0.2, 0) is 14.4 Å². The summed E-state index contributed by atoms with van der Waals surface area (Å²) < 4.78 is 4.93. The van der Waals surface area contributed by atoms with Gasteiger partial charge in [-0.1, -0.05) is 12.1 Å². The molecule has 74 valence electrons. The van der Waals surface area contributed by atoms with Crippen molar-refractivity contribution in [2.24, 2.45) is 11.1 Å². The molecule has 1 aliphatic heterocycles. The Morgan fingerprint density at radius 3 is 2.85 bits per heavy atom.